The van der Waals surface area contributed by atoms with E-state index in [1.807, 2.05) is 0 Å². The third kappa shape index (κ3) is 3.62. The van der Waals surface area contributed by atoms with Crippen LogP contribution >= 0.6 is 0 Å². The quantitative estimate of drug-likeness (QED) is 0.824. The molecule has 1 aromatic heterocycles. The molecule has 1 N–H and O–H groups in total. The summed E-state index contributed by atoms with van der Waals surface area (Å²) in [4.78, 5) is 11.7. The van der Waals surface area contributed by atoms with Crippen LogP contribution in [-0.2, 0) is 6.42 Å². The van der Waals surface area contributed by atoms with Crippen molar-refractivity contribution in [3.05, 3.63) is 11.4 Å². The van der Waals surface area contributed by atoms with Crippen molar-refractivity contribution in [1.29, 1.82) is 0 Å². The normalized spacial score (nSPS) is 11.6. The molecule has 0 radical (unpaired) electrons. The maximum Gasteiger partial charge on any atom is 0.137 e. The molecule has 0 aromatic carbocycles. The molecule has 114 valence electrons. The van der Waals surface area contributed by atoms with Gasteiger partial charge in [-0.2, -0.15) is 0 Å². The van der Waals surface area contributed by atoms with Crippen LogP contribution in [0.3, 0.4) is 0 Å². The Bertz CT molecular complexity index is 440. The number of nitrogens with one attached hydrogen (secondary N) is 1. The Morgan fingerprint density at radius 1 is 1.15 bits per heavy atom. The summed E-state index contributed by atoms with van der Waals surface area (Å²) >= 11 is 0. The number of aromatic nitrogens is 2. The van der Waals surface area contributed by atoms with Crippen molar-refractivity contribution >= 4 is 11.6 Å². The number of hydrogen-bond acceptors (Lipinski definition) is 4. The summed E-state index contributed by atoms with van der Waals surface area (Å²) in [7, 11) is 2.13. The number of aryl methyl sites for hydroxylation is 1. The summed E-state index contributed by atoms with van der Waals surface area (Å²) in [6.07, 6.45) is 3.06. The van der Waals surface area contributed by atoms with E-state index in [0.717, 1.165) is 48.8 Å². The van der Waals surface area contributed by atoms with Crippen LogP contribution in [0.5, 0.6) is 0 Å². The summed E-state index contributed by atoms with van der Waals surface area (Å²) in [6, 6.07) is 0. The fraction of sp³-hybridized carbons (Fsp3) is 0.750. The highest BCUT2D eigenvalue weighted by atomic mass is 15.2. The molecule has 0 spiro atoms. The molecule has 0 aliphatic carbocycles. The Balaban J connectivity index is 3.29. The van der Waals surface area contributed by atoms with Gasteiger partial charge in [0.25, 0.3) is 0 Å². The Morgan fingerprint density at radius 3 is 2.30 bits per heavy atom. The first-order valence-corrected chi connectivity index (χ1v) is 7.72. The van der Waals surface area contributed by atoms with Crippen molar-refractivity contribution in [3.63, 3.8) is 0 Å². The highest BCUT2D eigenvalue weighted by molar-refractivity contribution is 5.59. The van der Waals surface area contributed by atoms with Crippen molar-refractivity contribution in [2.45, 2.75) is 66.3 Å². The standard InChI is InChI=1S/C16H30N4/c1-8-11-13-18-14(17-10-3)12(4)15(19-13)20(7)16(5,6)9-2/h8-11H2,1-7H3,(H,17,18,19). The van der Waals surface area contributed by atoms with Crippen LogP contribution in [0.25, 0.3) is 0 Å². The summed E-state index contributed by atoms with van der Waals surface area (Å²) in [6.45, 7) is 14.0. The topological polar surface area (TPSA) is 41.1 Å². The Morgan fingerprint density at radius 2 is 1.80 bits per heavy atom. The lowest BCUT2D eigenvalue weighted by molar-refractivity contribution is 0.465. The summed E-state index contributed by atoms with van der Waals surface area (Å²) < 4.78 is 0. The number of anilines is 2. The van der Waals surface area contributed by atoms with Gasteiger partial charge in [0.2, 0.25) is 0 Å². The van der Waals surface area contributed by atoms with E-state index in [0.29, 0.717) is 0 Å². The molecule has 1 aromatic rings. The van der Waals surface area contributed by atoms with Gasteiger partial charge in [-0.25, -0.2) is 9.97 Å². The van der Waals surface area contributed by atoms with E-state index in [-0.39, 0.29) is 5.54 Å². The third-order valence-electron chi connectivity index (χ3n) is 4.08. The van der Waals surface area contributed by atoms with Gasteiger partial charge in [-0.05, 0) is 40.5 Å². The second-order valence-corrected chi connectivity index (χ2v) is 5.94. The predicted molar refractivity (Wildman–Crippen MR) is 87.7 cm³/mol. The number of rotatable bonds is 7. The van der Waals surface area contributed by atoms with Gasteiger partial charge < -0.3 is 10.2 Å². The van der Waals surface area contributed by atoms with Crippen LogP contribution in [0.15, 0.2) is 0 Å². The van der Waals surface area contributed by atoms with E-state index in [1.165, 1.54) is 0 Å². The Labute approximate surface area is 124 Å². The monoisotopic (exact) mass is 278 g/mol. The van der Waals surface area contributed by atoms with Gasteiger partial charge in [-0.15, -0.1) is 0 Å². The van der Waals surface area contributed by atoms with Crippen molar-refractivity contribution in [3.8, 4) is 0 Å². The second-order valence-electron chi connectivity index (χ2n) is 5.94. The minimum Gasteiger partial charge on any atom is -0.370 e. The molecule has 0 aliphatic rings. The van der Waals surface area contributed by atoms with E-state index in [9.17, 15) is 0 Å². The van der Waals surface area contributed by atoms with Crippen molar-refractivity contribution in [1.82, 2.24) is 9.97 Å². The lowest BCUT2D eigenvalue weighted by Crippen LogP contribution is -2.41. The van der Waals surface area contributed by atoms with Crippen LogP contribution in [-0.4, -0.2) is 29.1 Å². The first-order chi connectivity index (χ1) is 9.37. The summed E-state index contributed by atoms with van der Waals surface area (Å²) in [5.41, 5.74) is 1.22. The van der Waals surface area contributed by atoms with Gasteiger partial charge in [0.15, 0.2) is 0 Å². The van der Waals surface area contributed by atoms with E-state index < -0.39 is 0 Å². The highest BCUT2D eigenvalue weighted by Gasteiger charge is 2.25. The lowest BCUT2D eigenvalue weighted by atomic mass is 9.99. The van der Waals surface area contributed by atoms with Gasteiger partial charge in [0.1, 0.15) is 17.5 Å². The van der Waals surface area contributed by atoms with Crippen LogP contribution in [0.1, 0.15) is 58.8 Å². The summed E-state index contributed by atoms with van der Waals surface area (Å²) in [5, 5.41) is 3.36. The largest absolute Gasteiger partial charge is 0.370 e. The maximum absolute atomic E-state index is 4.79. The molecule has 0 aliphatic heterocycles. The minimum absolute atomic E-state index is 0.0894. The van der Waals surface area contributed by atoms with E-state index in [2.05, 4.69) is 63.8 Å². The van der Waals surface area contributed by atoms with Crippen LogP contribution in [0.4, 0.5) is 11.6 Å². The van der Waals surface area contributed by atoms with Gasteiger partial charge >= 0.3 is 0 Å². The average Bonchev–Trinajstić information content (AvgIpc) is 2.42. The molecular weight excluding hydrogens is 248 g/mol. The van der Waals surface area contributed by atoms with Gasteiger partial charge in [0, 0.05) is 31.1 Å². The van der Waals surface area contributed by atoms with Gasteiger partial charge in [-0.3, -0.25) is 0 Å². The molecule has 0 atom stereocenters. The zero-order valence-electron chi connectivity index (χ0n) is 14.2. The SMILES string of the molecule is CCCc1nc(NCC)c(C)c(N(C)C(C)(C)CC)n1. The first-order valence-electron chi connectivity index (χ1n) is 7.72. The third-order valence-corrected chi connectivity index (χ3v) is 4.08. The molecular formula is C16H30N4. The van der Waals surface area contributed by atoms with Crippen molar-refractivity contribution in [2.75, 3.05) is 23.8 Å². The molecule has 0 saturated heterocycles. The molecule has 0 fully saturated rings. The molecule has 0 saturated carbocycles. The zero-order valence-corrected chi connectivity index (χ0v) is 14.2. The van der Waals surface area contributed by atoms with Crippen LogP contribution in [0, 0.1) is 6.92 Å². The number of nitrogens with zero attached hydrogens (tertiary/aromatic N) is 3. The zero-order chi connectivity index (χ0) is 15.3. The second kappa shape index (κ2) is 6.91. The van der Waals surface area contributed by atoms with Crippen LogP contribution in [0.2, 0.25) is 0 Å². The molecule has 1 heterocycles. The van der Waals surface area contributed by atoms with Gasteiger partial charge in [-0.1, -0.05) is 13.8 Å². The van der Waals surface area contributed by atoms with E-state index >= 15 is 0 Å². The van der Waals surface area contributed by atoms with E-state index in [4.69, 9.17) is 4.98 Å². The fourth-order valence-electron chi connectivity index (χ4n) is 2.08. The maximum atomic E-state index is 4.79. The molecule has 1 rings (SSSR count). The van der Waals surface area contributed by atoms with Crippen LogP contribution < -0.4 is 10.2 Å². The minimum atomic E-state index is 0.0894. The van der Waals surface area contributed by atoms with Crippen molar-refractivity contribution < 1.29 is 0 Å². The van der Waals surface area contributed by atoms with Gasteiger partial charge in [0.05, 0.1) is 0 Å². The number of hydrogen-bond donors (Lipinski definition) is 1. The Kier molecular flexibility index (Phi) is 5.78. The molecule has 0 unspecified atom stereocenters. The fourth-order valence-corrected chi connectivity index (χ4v) is 2.08. The molecule has 0 amide bonds. The molecule has 4 heteroatoms. The Hall–Kier alpha value is -1.32. The molecule has 4 nitrogen and oxygen atoms in total. The average molecular weight is 278 g/mol. The van der Waals surface area contributed by atoms with Crippen molar-refractivity contribution in [2.24, 2.45) is 0 Å². The highest BCUT2D eigenvalue weighted by Crippen LogP contribution is 2.29. The predicted octanol–water partition coefficient (Wildman–Crippen LogP) is 3.79. The summed E-state index contributed by atoms with van der Waals surface area (Å²) in [5.74, 6) is 2.95. The molecule has 0 bridgehead atoms. The smallest absolute Gasteiger partial charge is 0.137 e. The molecule has 20 heavy (non-hydrogen) atoms. The lowest BCUT2D eigenvalue weighted by Gasteiger charge is -2.37. The van der Waals surface area contributed by atoms with E-state index in [1.54, 1.807) is 0 Å². The first kappa shape index (κ1) is 16.7.